The van der Waals surface area contributed by atoms with E-state index in [0.29, 0.717) is 11.8 Å². The third-order valence-corrected chi connectivity index (χ3v) is 5.06. The molecule has 1 heterocycles. The number of fused-ring (bicyclic) bond motifs is 3. The molecule has 0 bridgehead atoms. The first-order valence-electron chi connectivity index (χ1n) is 8.07. The zero-order valence-corrected chi connectivity index (χ0v) is 12.7. The van der Waals surface area contributed by atoms with Gasteiger partial charge in [0.25, 0.3) is 0 Å². The van der Waals surface area contributed by atoms with Gasteiger partial charge in [-0.2, -0.15) is 0 Å². The largest absolute Gasteiger partial charge is 0.378 e. The van der Waals surface area contributed by atoms with Crippen LogP contribution >= 0.6 is 0 Å². The van der Waals surface area contributed by atoms with Crippen molar-refractivity contribution >= 4 is 5.69 Å². The number of rotatable bonds is 2. The summed E-state index contributed by atoms with van der Waals surface area (Å²) in [4.78, 5) is 0. The fraction of sp³-hybridized carbons (Fsp3) is 0.300. The van der Waals surface area contributed by atoms with Gasteiger partial charge in [0.15, 0.2) is 0 Å². The minimum Gasteiger partial charge on any atom is -0.378 e. The molecule has 0 saturated carbocycles. The van der Waals surface area contributed by atoms with Crippen molar-refractivity contribution in [3.8, 4) is 0 Å². The van der Waals surface area contributed by atoms with Crippen LogP contribution in [0.15, 0.2) is 54.6 Å². The third kappa shape index (κ3) is 2.14. The molecule has 0 amide bonds. The molecule has 0 radical (unpaired) electrons. The molecule has 1 aliphatic carbocycles. The summed E-state index contributed by atoms with van der Waals surface area (Å²) in [6.07, 6.45) is 6.78. The summed E-state index contributed by atoms with van der Waals surface area (Å²) in [5.74, 6) is 0.816. The van der Waals surface area contributed by atoms with E-state index >= 15 is 0 Å². The number of hydrogen-bond acceptors (Lipinski definition) is 1. The Morgan fingerprint density at radius 2 is 1.95 bits per heavy atom. The summed E-state index contributed by atoms with van der Waals surface area (Å²) in [7, 11) is 0. The third-order valence-electron chi connectivity index (χ3n) is 5.06. The van der Waals surface area contributed by atoms with E-state index in [1.54, 1.807) is 12.1 Å². The van der Waals surface area contributed by atoms with Crippen molar-refractivity contribution < 1.29 is 4.39 Å². The van der Waals surface area contributed by atoms with Crippen LogP contribution < -0.4 is 5.32 Å². The molecule has 22 heavy (non-hydrogen) atoms. The zero-order valence-electron chi connectivity index (χ0n) is 12.7. The molecule has 0 aromatic heterocycles. The normalized spacial score (nSPS) is 25.5. The van der Waals surface area contributed by atoms with Crippen molar-refractivity contribution in [3.05, 3.63) is 77.1 Å². The van der Waals surface area contributed by atoms with Gasteiger partial charge >= 0.3 is 0 Å². The molecule has 0 spiro atoms. The van der Waals surface area contributed by atoms with E-state index in [4.69, 9.17) is 0 Å². The highest BCUT2D eigenvalue weighted by atomic mass is 19.1. The van der Waals surface area contributed by atoms with Gasteiger partial charge in [-0.1, -0.05) is 43.3 Å². The first-order chi connectivity index (χ1) is 10.8. The Hall–Kier alpha value is -2.09. The van der Waals surface area contributed by atoms with Gasteiger partial charge in [0.05, 0.1) is 6.04 Å². The summed E-state index contributed by atoms with van der Waals surface area (Å²) >= 11 is 0. The van der Waals surface area contributed by atoms with E-state index < -0.39 is 0 Å². The number of aryl methyl sites for hydroxylation is 1. The van der Waals surface area contributed by atoms with Gasteiger partial charge < -0.3 is 5.32 Å². The number of benzene rings is 2. The average molecular weight is 293 g/mol. The van der Waals surface area contributed by atoms with E-state index in [9.17, 15) is 4.39 Å². The summed E-state index contributed by atoms with van der Waals surface area (Å²) in [6.45, 7) is 2.20. The van der Waals surface area contributed by atoms with Crippen LogP contribution in [-0.4, -0.2) is 0 Å². The Morgan fingerprint density at radius 1 is 1.14 bits per heavy atom. The number of halogens is 1. The highest BCUT2D eigenvalue weighted by Gasteiger charge is 2.37. The summed E-state index contributed by atoms with van der Waals surface area (Å²) in [6, 6.07) is 13.9. The van der Waals surface area contributed by atoms with E-state index in [0.717, 1.165) is 12.8 Å². The second-order valence-electron chi connectivity index (χ2n) is 6.30. The Kier molecular flexibility index (Phi) is 3.25. The molecule has 2 heteroatoms. The minimum absolute atomic E-state index is 0.173. The monoisotopic (exact) mass is 293 g/mol. The van der Waals surface area contributed by atoms with Gasteiger partial charge in [0.1, 0.15) is 5.82 Å². The van der Waals surface area contributed by atoms with Crippen molar-refractivity contribution in [2.45, 2.75) is 31.7 Å². The van der Waals surface area contributed by atoms with E-state index in [-0.39, 0.29) is 11.9 Å². The molecule has 1 N–H and O–H groups in total. The van der Waals surface area contributed by atoms with E-state index in [1.165, 1.54) is 22.4 Å². The van der Waals surface area contributed by atoms with Gasteiger partial charge in [-0.25, -0.2) is 4.39 Å². The molecule has 112 valence electrons. The maximum absolute atomic E-state index is 13.2. The van der Waals surface area contributed by atoms with Crippen LogP contribution in [0, 0.1) is 11.7 Å². The minimum atomic E-state index is -0.173. The van der Waals surface area contributed by atoms with Crippen LogP contribution in [0.3, 0.4) is 0 Å². The molecule has 2 aliphatic rings. The Morgan fingerprint density at radius 3 is 2.73 bits per heavy atom. The lowest BCUT2D eigenvalue weighted by Crippen LogP contribution is -2.29. The van der Waals surface area contributed by atoms with Crippen molar-refractivity contribution in [3.63, 3.8) is 0 Å². The van der Waals surface area contributed by atoms with Crippen LogP contribution in [0.5, 0.6) is 0 Å². The van der Waals surface area contributed by atoms with Crippen LogP contribution in [0.4, 0.5) is 10.1 Å². The van der Waals surface area contributed by atoms with Crippen molar-refractivity contribution in [2.24, 2.45) is 5.92 Å². The molecular weight excluding hydrogens is 273 g/mol. The molecule has 2 aromatic rings. The molecule has 3 atom stereocenters. The van der Waals surface area contributed by atoms with Gasteiger partial charge in [0.2, 0.25) is 0 Å². The first kappa shape index (κ1) is 13.6. The molecule has 0 fully saturated rings. The second kappa shape index (κ2) is 5.28. The molecule has 4 rings (SSSR count). The maximum Gasteiger partial charge on any atom is 0.123 e. The van der Waals surface area contributed by atoms with E-state index in [1.807, 2.05) is 12.1 Å². The van der Waals surface area contributed by atoms with Crippen molar-refractivity contribution in [2.75, 3.05) is 5.32 Å². The smallest absolute Gasteiger partial charge is 0.123 e. The lowest BCUT2D eigenvalue weighted by Gasteiger charge is -2.37. The van der Waals surface area contributed by atoms with Crippen LogP contribution in [0.1, 0.15) is 42.0 Å². The quantitative estimate of drug-likeness (QED) is 0.749. The fourth-order valence-electron chi connectivity index (χ4n) is 3.86. The Balaban J connectivity index is 1.76. The average Bonchev–Trinajstić information content (AvgIpc) is 3.04. The van der Waals surface area contributed by atoms with Gasteiger partial charge in [0, 0.05) is 11.6 Å². The first-order valence-corrected chi connectivity index (χ1v) is 8.07. The predicted molar refractivity (Wildman–Crippen MR) is 88.6 cm³/mol. The number of hydrogen-bond donors (Lipinski definition) is 1. The number of anilines is 1. The highest BCUT2D eigenvalue weighted by Crippen LogP contribution is 2.49. The van der Waals surface area contributed by atoms with E-state index in [2.05, 4.69) is 42.6 Å². The van der Waals surface area contributed by atoms with Crippen LogP contribution in [0.2, 0.25) is 0 Å². The Labute approximate surface area is 130 Å². The lowest BCUT2D eigenvalue weighted by atomic mass is 9.76. The van der Waals surface area contributed by atoms with Gasteiger partial charge in [-0.15, -0.1) is 0 Å². The zero-order chi connectivity index (χ0) is 15.1. The topological polar surface area (TPSA) is 12.0 Å². The summed E-state index contributed by atoms with van der Waals surface area (Å²) < 4.78 is 13.2. The van der Waals surface area contributed by atoms with Crippen molar-refractivity contribution in [1.82, 2.24) is 0 Å². The Bertz CT molecular complexity index is 717. The van der Waals surface area contributed by atoms with Crippen molar-refractivity contribution in [1.29, 1.82) is 0 Å². The molecule has 1 aliphatic heterocycles. The number of allylic oxidation sites excluding steroid dienone is 2. The molecular formula is C20H20FN. The van der Waals surface area contributed by atoms with Gasteiger partial charge in [-0.05, 0) is 53.6 Å². The van der Waals surface area contributed by atoms with Crippen LogP contribution in [-0.2, 0) is 6.42 Å². The highest BCUT2D eigenvalue weighted by molar-refractivity contribution is 5.60. The lowest BCUT2D eigenvalue weighted by molar-refractivity contribution is 0.425. The molecule has 0 unspecified atom stereocenters. The second-order valence-corrected chi connectivity index (χ2v) is 6.30. The van der Waals surface area contributed by atoms with Gasteiger partial charge in [-0.3, -0.25) is 0 Å². The summed E-state index contributed by atoms with van der Waals surface area (Å²) in [5.41, 5.74) is 5.20. The van der Waals surface area contributed by atoms with Crippen LogP contribution in [0.25, 0.3) is 0 Å². The molecule has 0 saturated heterocycles. The maximum atomic E-state index is 13.2. The summed E-state index contributed by atoms with van der Waals surface area (Å²) in [5, 5.41) is 3.69. The fourth-order valence-corrected chi connectivity index (χ4v) is 3.86. The molecule has 2 aromatic carbocycles. The number of nitrogens with one attached hydrogen (secondary N) is 1. The SMILES string of the molecule is CCc1ccc2c(c1)[C@@H]1C=CC[C@@H]1[C@@H](c1ccc(F)cc1)N2. The molecule has 1 nitrogen and oxygen atoms in total. The standard InChI is InChI=1S/C20H20FN/c1-2-13-6-11-19-18(12-13)16-4-3-5-17(16)20(22-19)14-7-9-15(21)10-8-14/h3-4,6-12,16-17,20,22H,2,5H2,1H3/t16-,17+,20-/m1/s1. The predicted octanol–water partition coefficient (Wildman–Crippen LogP) is 5.21.